The molecule has 1 aliphatic heterocycles. The minimum Gasteiger partial charge on any atom is -0.487 e. The average molecular weight is 634 g/mol. The topological polar surface area (TPSA) is 75.7 Å². The molecule has 0 spiro atoms. The second-order valence-electron chi connectivity index (χ2n) is 8.97. The Morgan fingerprint density at radius 3 is 2.32 bits per heavy atom. The average Bonchev–Trinajstić information content (AvgIpc) is 2.88. The van der Waals surface area contributed by atoms with Gasteiger partial charge in [0, 0.05) is 0 Å². The predicted molar refractivity (Wildman–Crippen MR) is 155 cm³/mol. The number of fused-ring (bicyclic) bond motifs is 1. The first-order valence-electron chi connectivity index (χ1n) is 11.8. The number of barbiturate groups is 1. The number of hydrogen-bond acceptors (Lipinski definition) is 4. The van der Waals surface area contributed by atoms with E-state index in [0.29, 0.717) is 32.6 Å². The Morgan fingerprint density at radius 1 is 0.868 bits per heavy atom. The summed E-state index contributed by atoms with van der Waals surface area (Å²) >= 11 is 7.11. The van der Waals surface area contributed by atoms with E-state index < -0.39 is 17.8 Å². The fourth-order valence-corrected chi connectivity index (χ4v) is 5.74. The number of anilines is 1. The molecule has 1 saturated heterocycles. The number of carbonyl (C=O) groups excluding carboxylic acids is 3. The Balaban J connectivity index is 1.42. The van der Waals surface area contributed by atoms with Crippen LogP contribution in [-0.4, -0.2) is 17.8 Å². The van der Waals surface area contributed by atoms with Crippen LogP contribution in [0.4, 0.5) is 10.5 Å². The molecule has 5 rings (SSSR count). The van der Waals surface area contributed by atoms with Crippen LogP contribution in [0.15, 0.2) is 87.3 Å². The van der Waals surface area contributed by atoms with Gasteiger partial charge in [0.15, 0.2) is 0 Å². The molecule has 1 N–H and O–H groups in total. The smallest absolute Gasteiger partial charge is 0.335 e. The molecular weight excluding hydrogens is 612 g/mol. The van der Waals surface area contributed by atoms with Gasteiger partial charge in [0.2, 0.25) is 0 Å². The normalized spacial score (nSPS) is 14.8. The highest BCUT2D eigenvalue weighted by atomic mass is 79.9. The first-order valence-corrected chi connectivity index (χ1v) is 13.4. The molecule has 6 nitrogen and oxygen atoms in total. The Bertz CT molecular complexity index is 1630. The lowest BCUT2D eigenvalue weighted by atomic mass is 10.0. The minimum absolute atomic E-state index is 0.147. The second-order valence-corrected chi connectivity index (χ2v) is 10.7. The monoisotopic (exact) mass is 632 g/mol. The number of rotatable bonds is 5. The largest absolute Gasteiger partial charge is 0.487 e. The molecule has 190 valence electrons. The molecule has 0 bridgehead atoms. The van der Waals surface area contributed by atoms with Gasteiger partial charge >= 0.3 is 6.03 Å². The van der Waals surface area contributed by atoms with Gasteiger partial charge in [-0.15, -0.1) is 0 Å². The fourth-order valence-electron chi connectivity index (χ4n) is 4.29. The maximum absolute atomic E-state index is 13.3. The second kappa shape index (κ2) is 10.6. The molecule has 0 aromatic heterocycles. The molecule has 4 aromatic rings. The summed E-state index contributed by atoms with van der Waals surface area (Å²) in [6, 6.07) is 22.2. The van der Waals surface area contributed by atoms with Crippen LogP contribution in [0.2, 0.25) is 0 Å². The molecule has 0 unspecified atom stereocenters. The lowest BCUT2D eigenvalue weighted by Crippen LogP contribution is -2.54. The fraction of sp³-hybridized carbons (Fsp3) is 0.100. The van der Waals surface area contributed by atoms with Gasteiger partial charge in [-0.1, -0.05) is 48.5 Å². The number of hydrogen-bond donors (Lipinski definition) is 1. The number of amides is 4. The summed E-state index contributed by atoms with van der Waals surface area (Å²) in [5.74, 6) is -0.847. The standard InChI is InChI=1S/C30H22Br2N2O4/c1-17-10-11-22(12-18(17)2)34-29(36)24(28(35)33-30(34)37)13-19-14-25(31)27(26(32)15-19)38-16-21-8-5-7-20-6-3-4-9-23(20)21/h3-15H,16H2,1-2H3,(H,33,35,37)/b24-13+. The van der Waals surface area contributed by atoms with Crippen LogP contribution < -0.4 is 15.0 Å². The van der Waals surface area contributed by atoms with Gasteiger partial charge in [0.05, 0.1) is 14.6 Å². The lowest BCUT2D eigenvalue weighted by Gasteiger charge is -2.27. The highest BCUT2D eigenvalue weighted by Crippen LogP contribution is 2.37. The van der Waals surface area contributed by atoms with E-state index in [1.165, 1.54) is 6.08 Å². The Hall–Kier alpha value is -3.75. The molecule has 38 heavy (non-hydrogen) atoms. The van der Waals surface area contributed by atoms with Gasteiger partial charge in [0.1, 0.15) is 17.9 Å². The van der Waals surface area contributed by atoms with Gasteiger partial charge < -0.3 is 4.74 Å². The number of benzene rings is 4. The highest BCUT2D eigenvalue weighted by molar-refractivity contribution is 9.11. The predicted octanol–water partition coefficient (Wildman–Crippen LogP) is 7.23. The number of halogens is 2. The van der Waals surface area contributed by atoms with Crippen LogP contribution in [0.3, 0.4) is 0 Å². The molecule has 0 atom stereocenters. The van der Waals surface area contributed by atoms with Crippen molar-refractivity contribution in [3.8, 4) is 5.75 Å². The molecule has 0 radical (unpaired) electrons. The van der Waals surface area contributed by atoms with Crippen molar-refractivity contribution < 1.29 is 19.1 Å². The number of aryl methyl sites for hydroxylation is 2. The van der Waals surface area contributed by atoms with E-state index in [9.17, 15) is 14.4 Å². The van der Waals surface area contributed by atoms with Gasteiger partial charge in [-0.25, -0.2) is 9.69 Å². The number of imide groups is 2. The van der Waals surface area contributed by atoms with Crippen LogP contribution in [0.1, 0.15) is 22.3 Å². The molecule has 0 saturated carbocycles. The maximum atomic E-state index is 13.3. The summed E-state index contributed by atoms with van der Waals surface area (Å²) in [6.07, 6.45) is 1.46. The summed E-state index contributed by atoms with van der Waals surface area (Å²) in [4.78, 5) is 39.4. The van der Waals surface area contributed by atoms with Crippen LogP contribution in [0.5, 0.6) is 5.75 Å². The van der Waals surface area contributed by atoms with E-state index in [-0.39, 0.29) is 5.57 Å². The SMILES string of the molecule is Cc1ccc(N2C(=O)NC(=O)/C(=C\c3cc(Br)c(OCc4cccc5ccccc45)c(Br)c3)C2=O)cc1C. The minimum atomic E-state index is -0.778. The summed E-state index contributed by atoms with van der Waals surface area (Å²) in [5, 5.41) is 4.52. The molecule has 8 heteroatoms. The van der Waals surface area contributed by atoms with E-state index in [1.807, 2.05) is 44.2 Å². The van der Waals surface area contributed by atoms with E-state index in [4.69, 9.17) is 4.74 Å². The summed E-state index contributed by atoms with van der Waals surface area (Å²) in [7, 11) is 0. The quantitative estimate of drug-likeness (QED) is 0.186. The molecule has 4 aromatic carbocycles. The molecule has 1 aliphatic rings. The Morgan fingerprint density at radius 2 is 1.58 bits per heavy atom. The molecular formula is C30H22Br2N2O4. The van der Waals surface area contributed by atoms with Crippen molar-refractivity contribution in [2.75, 3.05) is 4.90 Å². The lowest BCUT2D eigenvalue weighted by molar-refractivity contribution is -0.122. The summed E-state index contributed by atoms with van der Waals surface area (Å²) in [6.45, 7) is 4.19. The summed E-state index contributed by atoms with van der Waals surface area (Å²) in [5.41, 5.74) is 3.84. The molecule has 1 heterocycles. The molecule has 4 amide bonds. The summed E-state index contributed by atoms with van der Waals surface area (Å²) < 4.78 is 7.43. The maximum Gasteiger partial charge on any atom is 0.335 e. The highest BCUT2D eigenvalue weighted by Gasteiger charge is 2.37. The number of nitrogens with zero attached hydrogens (tertiary/aromatic N) is 1. The van der Waals surface area contributed by atoms with Crippen LogP contribution in [-0.2, 0) is 16.2 Å². The number of urea groups is 1. The van der Waals surface area contributed by atoms with Crippen molar-refractivity contribution in [3.63, 3.8) is 0 Å². The van der Waals surface area contributed by atoms with Crippen LogP contribution in [0.25, 0.3) is 16.8 Å². The van der Waals surface area contributed by atoms with Crippen molar-refractivity contribution in [1.82, 2.24) is 5.32 Å². The van der Waals surface area contributed by atoms with E-state index >= 15 is 0 Å². The van der Waals surface area contributed by atoms with E-state index in [1.54, 1.807) is 24.3 Å². The van der Waals surface area contributed by atoms with Gasteiger partial charge in [-0.2, -0.15) is 0 Å². The van der Waals surface area contributed by atoms with Crippen molar-refractivity contribution in [1.29, 1.82) is 0 Å². The first-order chi connectivity index (χ1) is 18.2. The zero-order valence-electron chi connectivity index (χ0n) is 20.5. The third kappa shape index (κ3) is 5.01. The zero-order chi connectivity index (χ0) is 27.0. The van der Waals surface area contributed by atoms with Crippen molar-refractivity contribution in [2.24, 2.45) is 0 Å². The first kappa shape index (κ1) is 25.9. The molecule has 1 fully saturated rings. The van der Waals surface area contributed by atoms with Gasteiger partial charge in [-0.3, -0.25) is 14.9 Å². The van der Waals surface area contributed by atoms with E-state index in [0.717, 1.165) is 32.4 Å². The third-order valence-corrected chi connectivity index (χ3v) is 7.61. The van der Waals surface area contributed by atoms with Crippen molar-refractivity contribution >= 4 is 72.2 Å². The van der Waals surface area contributed by atoms with Crippen molar-refractivity contribution in [3.05, 3.63) is 110 Å². The van der Waals surface area contributed by atoms with E-state index in [2.05, 4.69) is 55.4 Å². The molecule has 0 aliphatic carbocycles. The zero-order valence-corrected chi connectivity index (χ0v) is 23.7. The third-order valence-electron chi connectivity index (χ3n) is 6.43. The Labute approximate surface area is 236 Å². The van der Waals surface area contributed by atoms with Crippen LogP contribution >= 0.6 is 31.9 Å². The van der Waals surface area contributed by atoms with Gasteiger partial charge in [-0.05, 0) is 109 Å². The number of ether oxygens (including phenoxy) is 1. The number of carbonyl (C=O) groups is 3. The number of nitrogens with one attached hydrogen (secondary N) is 1. The Kier molecular flexibility index (Phi) is 7.19. The van der Waals surface area contributed by atoms with Gasteiger partial charge in [0.25, 0.3) is 11.8 Å². The van der Waals surface area contributed by atoms with Crippen molar-refractivity contribution in [2.45, 2.75) is 20.5 Å². The van der Waals surface area contributed by atoms with Crippen LogP contribution in [0, 0.1) is 13.8 Å².